The molecule has 1 fully saturated rings. The minimum atomic E-state index is -0.0782. The molecule has 1 aliphatic heterocycles. The van der Waals surface area contributed by atoms with Crippen LogP contribution in [0.25, 0.3) is 0 Å². The molecule has 0 amide bonds. The fourth-order valence-electron chi connectivity index (χ4n) is 2.80. The summed E-state index contributed by atoms with van der Waals surface area (Å²) in [6.45, 7) is 12.5. The van der Waals surface area contributed by atoms with Gasteiger partial charge in [-0.2, -0.15) is 0 Å². The average molecular weight is 278 g/mol. The van der Waals surface area contributed by atoms with Crippen molar-refractivity contribution in [3.05, 3.63) is 35.1 Å². The molecular weight excluding hydrogens is 251 g/mol. The first-order chi connectivity index (χ1) is 9.45. The maximum Gasteiger partial charge on any atom is 0.127 e. The second kappa shape index (κ2) is 6.68. The van der Waals surface area contributed by atoms with Crippen molar-refractivity contribution >= 4 is 0 Å². The predicted octanol–water partition coefficient (Wildman–Crippen LogP) is 3.41. The fraction of sp³-hybridized carbons (Fsp3) is 0.647. The molecule has 3 heteroatoms. The lowest BCUT2D eigenvalue weighted by Crippen LogP contribution is -2.23. The normalized spacial score (nSPS) is 23.7. The average Bonchev–Trinajstić information content (AvgIpc) is 2.69. The topological polar surface area (TPSA) is 15.3 Å². The highest BCUT2D eigenvalue weighted by Crippen LogP contribution is 2.24. The molecule has 1 saturated heterocycles. The summed E-state index contributed by atoms with van der Waals surface area (Å²) in [6.07, 6.45) is 0. The van der Waals surface area contributed by atoms with E-state index in [4.69, 9.17) is 0 Å². The highest BCUT2D eigenvalue weighted by atomic mass is 19.1. The van der Waals surface area contributed by atoms with Crippen molar-refractivity contribution in [2.24, 2.45) is 11.8 Å². The summed E-state index contributed by atoms with van der Waals surface area (Å²) in [5, 5.41) is 3.38. The molecule has 2 nitrogen and oxygen atoms in total. The van der Waals surface area contributed by atoms with Gasteiger partial charge in [0.05, 0.1) is 0 Å². The summed E-state index contributed by atoms with van der Waals surface area (Å²) in [5.74, 6) is 1.35. The lowest BCUT2D eigenvalue weighted by atomic mass is 10.0. The molecule has 0 spiro atoms. The Labute approximate surface area is 122 Å². The van der Waals surface area contributed by atoms with Crippen molar-refractivity contribution in [3.8, 4) is 0 Å². The van der Waals surface area contributed by atoms with E-state index in [-0.39, 0.29) is 5.82 Å². The van der Waals surface area contributed by atoms with E-state index in [1.165, 1.54) is 0 Å². The summed E-state index contributed by atoms with van der Waals surface area (Å²) in [7, 11) is 0. The van der Waals surface area contributed by atoms with Gasteiger partial charge in [0.1, 0.15) is 5.82 Å². The lowest BCUT2D eigenvalue weighted by molar-refractivity contribution is 0.310. The van der Waals surface area contributed by atoms with E-state index in [1.54, 1.807) is 6.07 Å². The van der Waals surface area contributed by atoms with Gasteiger partial charge in [0.15, 0.2) is 0 Å². The van der Waals surface area contributed by atoms with Crippen LogP contribution in [-0.2, 0) is 13.1 Å². The van der Waals surface area contributed by atoms with Gasteiger partial charge in [-0.15, -0.1) is 0 Å². The van der Waals surface area contributed by atoms with Gasteiger partial charge >= 0.3 is 0 Å². The largest absolute Gasteiger partial charge is 0.310 e. The monoisotopic (exact) mass is 278 g/mol. The first-order valence-corrected chi connectivity index (χ1v) is 7.68. The van der Waals surface area contributed by atoms with E-state index in [2.05, 4.69) is 37.9 Å². The highest BCUT2D eigenvalue weighted by molar-refractivity contribution is 5.25. The molecule has 1 aromatic rings. The summed E-state index contributed by atoms with van der Waals surface area (Å²) < 4.78 is 14.0. The molecule has 0 bridgehead atoms. The quantitative estimate of drug-likeness (QED) is 0.888. The van der Waals surface area contributed by atoms with Crippen molar-refractivity contribution in [3.63, 3.8) is 0 Å². The zero-order chi connectivity index (χ0) is 14.7. The molecule has 0 radical (unpaired) electrons. The number of benzene rings is 1. The Morgan fingerprint density at radius 3 is 2.50 bits per heavy atom. The third-order valence-corrected chi connectivity index (χ3v) is 4.28. The maximum absolute atomic E-state index is 14.0. The first kappa shape index (κ1) is 15.5. The van der Waals surface area contributed by atoms with Crippen LogP contribution in [-0.4, -0.2) is 24.0 Å². The summed E-state index contributed by atoms with van der Waals surface area (Å²) >= 11 is 0. The molecule has 0 aromatic heterocycles. The summed E-state index contributed by atoms with van der Waals surface area (Å²) in [5.41, 5.74) is 1.99. The number of nitrogens with one attached hydrogen (secondary N) is 1. The number of rotatable bonds is 5. The molecule has 2 rings (SSSR count). The standard InChI is InChI=1S/C17H27FN2/c1-12(2)19-8-15-5-6-17(18)16(7-15)11-20-9-13(3)14(4)10-20/h5-7,12-14,19H,8-11H2,1-4H3. The van der Waals surface area contributed by atoms with Gasteiger partial charge in [0.25, 0.3) is 0 Å². The molecule has 20 heavy (non-hydrogen) atoms. The number of nitrogens with zero attached hydrogens (tertiary/aromatic N) is 1. The predicted molar refractivity (Wildman–Crippen MR) is 82.0 cm³/mol. The number of likely N-dealkylation sites (tertiary alicyclic amines) is 1. The van der Waals surface area contributed by atoms with E-state index in [1.807, 2.05) is 12.1 Å². The molecule has 1 aliphatic rings. The minimum Gasteiger partial charge on any atom is -0.310 e. The Bertz CT molecular complexity index is 435. The summed E-state index contributed by atoms with van der Waals surface area (Å²) in [4.78, 5) is 2.37. The first-order valence-electron chi connectivity index (χ1n) is 7.68. The van der Waals surface area contributed by atoms with Gasteiger partial charge < -0.3 is 5.32 Å². The van der Waals surface area contributed by atoms with Crippen LogP contribution < -0.4 is 5.32 Å². The minimum absolute atomic E-state index is 0.0782. The maximum atomic E-state index is 14.0. The lowest BCUT2D eigenvalue weighted by Gasteiger charge is -2.17. The van der Waals surface area contributed by atoms with E-state index in [9.17, 15) is 4.39 Å². The second-order valence-corrected chi connectivity index (χ2v) is 6.61. The van der Waals surface area contributed by atoms with Gasteiger partial charge in [0.2, 0.25) is 0 Å². The molecule has 1 N–H and O–H groups in total. The van der Waals surface area contributed by atoms with Gasteiger partial charge in [0, 0.05) is 37.8 Å². The van der Waals surface area contributed by atoms with Crippen molar-refractivity contribution in [2.45, 2.75) is 46.8 Å². The zero-order valence-corrected chi connectivity index (χ0v) is 13.1. The number of hydrogen-bond donors (Lipinski definition) is 1. The second-order valence-electron chi connectivity index (χ2n) is 6.61. The third kappa shape index (κ3) is 4.03. The van der Waals surface area contributed by atoms with Crippen molar-refractivity contribution in [1.82, 2.24) is 10.2 Å². The molecule has 112 valence electrons. The van der Waals surface area contributed by atoms with E-state index in [0.29, 0.717) is 17.9 Å². The van der Waals surface area contributed by atoms with Crippen LogP contribution >= 0.6 is 0 Å². The van der Waals surface area contributed by atoms with Crippen LogP contribution in [0.1, 0.15) is 38.8 Å². The SMILES string of the molecule is CC(C)NCc1ccc(F)c(CN2CC(C)C(C)C2)c1. The van der Waals surface area contributed by atoms with E-state index >= 15 is 0 Å². The molecule has 0 saturated carbocycles. The third-order valence-electron chi connectivity index (χ3n) is 4.28. The molecule has 1 heterocycles. The highest BCUT2D eigenvalue weighted by Gasteiger charge is 2.26. The Hall–Kier alpha value is -0.930. The van der Waals surface area contributed by atoms with Gasteiger partial charge in [-0.25, -0.2) is 4.39 Å². The van der Waals surface area contributed by atoms with Gasteiger partial charge in [-0.1, -0.05) is 39.8 Å². The van der Waals surface area contributed by atoms with Crippen LogP contribution in [0.3, 0.4) is 0 Å². The van der Waals surface area contributed by atoms with Crippen LogP contribution in [0, 0.1) is 17.7 Å². The van der Waals surface area contributed by atoms with Gasteiger partial charge in [-0.3, -0.25) is 4.90 Å². The Balaban J connectivity index is 2.01. The zero-order valence-electron chi connectivity index (χ0n) is 13.1. The van der Waals surface area contributed by atoms with Crippen LogP contribution in [0.15, 0.2) is 18.2 Å². The molecule has 1 aromatic carbocycles. The fourth-order valence-corrected chi connectivity index (χ4v) is 2.80. The van der Waals surface area contributed by atoms with Crippen LogP contribution in [0.2, 0.25) is 0 Å². The van der Waals surface area contributed by atoms with E-state index < -0.39 is 0 Å². The number of hydrogen-bond acceptors (Lipinski definition) is 2. The van der Waals surface area contributed by atoms with Crippen LogP contribution in [0.4, 0.5) is 4.39 Å². The summed E-state index contributed by atoms with van der Waals surface area (Å²) in [6, 6.07) is 5.95. The molecule has 2 atom stereocenters. The molecule has 0 aliphatic carbocycles. The molecule has 2 unspecified atom stereocenters. The van der Waals surface area contributed by atoms with Gasteiger partial charge in [-0.05, 0) is 23.5 Å². The molecular formula is C17H27FN2. The van der Waals surface area contributed by atoms with Crippen molar-refractivity contribution in [1.29, 1.82) is 0 Å². The smallest absolute Gasteiger partial charge is 0.127 e. The van der Waals surface area contributed by atoms with Crippen molar-refractivity contribution < 1.29 is 4.39 Å². The Kier molecular flexibility index (Phi) is 5.17. The van der Waals surface area contributed by atoms with Crippen molar-refractivity contribution in [2.75, 3.05) is 13.1 Å². The Morgan fingerprint density at radius 2 is 1.90 bits per heavy atom. The number of halogens is 1. The van der Waals surface area contributed by atoms with Crippen LogP contribution in [0.5, 0.6) is 0 Å². The van der Waals surface area contributed by atoms with E-state index in [0.717, 1.165) is 37.3 Å². The Morgan fingerprint density at radius 1 is 1.25 bits per heavy atom.